The number of phenols is 1. The van der Waals surface area contributed by atoms with Gasteiger partial charge in [-0.25, -0.2) is 4.79 Å². The Morgan fingerprint density at radius 3 is 2.60 bits per heavy atom. The molecule has 1 heterocycles. The second-order valence-corrected chi connectivity index (χ2v) is 4.29. The molecule has 0 unspecified atom stereocenters. The lowest BCUT2D eigenvalue weighted by Crippen LogP contribution is -2.05. The third-order valence-corrected chi connectivity index (χ3v) is 3.16. The van der Waals surface area contributed by atoms with Crippen molar-refractivity contribution in [2.75, 3.05) is 0 Å². The van der Waals surface area contributed by atoms with E-state index in [1.54, 1.807) is 13.0 Å². The third kappa shape index (κ3) is 1.55. The average molecular weight is 269 g/mol. The van der Waals surface area contributed by atoms with Gasteiger partial charge in [0.2, 0.25) is 0 Å². The maximum Gasteiger partial charge on any atom is 0.339 e. The molecule has 2 rings (SSSR count). The zero-order valence-corrected chi connectivity index (χ0v) is 9.88. The summed E-state index contributed by atoms with van der Waals surface area (Å²) in [6.07, 6.45) is 0. The molecule has 0 saturated heterocycles. The van der Waals surface area contributed by atoms with Crippen LogP contribution in [0.1, 0.15) is 11.1 Å². The van der Waals surface area contributed by atoms with Crippen LogP contribution < -0.4 is 5.63 Å². The minimum absolute atomic E-state index is 0.0638. The first-order chi connectivity index (χ1) is 7.00. The number of aryl methyl sites for hydroxylation is 1. The molecule has 0 saturated carbocycles. The summed E-state index contributed by atoms with van der Waals surface area (Å²) >= 11 is 3.22. The Balaban J connectivity index is 3.00. The molecular weight excluding hydrogens is 260 g/mol. The van der Waals surface area contributed by atoms with Crippen molar-refractivity contribution in [2.24, 2.45) is 0 Å². The highest BCUT2D eigenvalue weighted by atomic mass is 79.9. The van der Waals surface area contributed by atoms with Gasteiger partial charge in [-0.3, -0.25) is 0 Å². The number of phenolic OH excluding ortho intramolecular Hbond substituents is 1. The van der Waals surface area contributed by atoms with Gasteiger partial charge in [0.25, 0.3) is 0 Å². The predicted molar refractivity (Wildman–Crippen MR) is 61.3 cm³/mol. The largest absolute Gasteiger partial charge is 0.507 e. The number of aromatic hydroxyl groups is 1. The summed E-state index contributed by atoms with van der Waals surface area (Å²) in [5.74, 6) is 0.0638. The molecule has 1 aromatic heterocycles. The van der Waals surface area contributed by atoms with Crippen LogP contribution >= 0.6 is 15.9 Å². The summed E-state index contributed by atoms with van der Waals surface area (Å²) in [4.78, 5) is 11.4. The van der Waals surface area contributed by atoms with Gasteiger partial charge in [-0.15, -0.1) is 0 Å². The molecule has 0 fully saturated rings. The molecule has 15 heavy (non-hydrogen) atoms. The molecule has 0 bridgehead atoms. The Morgan fingerprint density at radius 1 is 1.27 bits per heavy atom. The first kappa shape index (κ1) is 10.2. The highest BCUT2D eigenvalue weighted by Gasteiger charge is 2.09. The summed E-state index contributed by atoms with van der Waals surface area (Å²) in [6.45, 7) is 3.58. The molecular formula is C11H9BrO3. The van der Waals surface area contributed by atoms with E-state index in [2.05, 4.69) is 15.9 Å². The molecule has 4 heteroatoms. The number of hydrogen-bond donors (Lipinski definition) is 1. The Hall–Kier alpha value is -1.29. The van der Waals surface area contributed by atoms with Crippen LogP contribution in [0.4, 0.5) is 0 Å². The van der Waals surface area contributed by atoms with Crippen LogP contribution in [0.5, 0.6) is 5.75 Å². The minimum Gasteiger partial charge on any atom is -0.507 e. The van der Waals surface area contributed by atoms with E-state index in [-0.39, 0.29) is 11.4 Å². The van der Waals surface area contributed by atoms with Crippen molar-refractivity contribution in [1.82, 2.24) is 0 Å². The van der Waals surface area contributed by atoms with Crippen molar-refractivity contribution in [3.05, 3.63) is 38.2 Å². The van der Waals surface area contributed by atoms with E-state index >= 15 is 0 Å². The Kier molecular flexibility index (Phi) is 2.31. The zero-order valence-electron chi connectivity index (χ0n) is 8.30. The van der Waals surface area contributed by atoms with Crippen LogP contribution in [-0.2, 0) is 0 Å². The van der Waals surface area contributed by atoms with Gasteiger partial charge in [0, 0.05) is 17.0 Å². The van der Waals surface area contributed by atoms with Crippen LogP contribution in [0.25, 0.3) is 11.0 Å². The first-order valence-electron chi connectivity index (χ1n) is 4.43. The summed E-state index contributed by atoms with van der Waals surface area (Å²) in [7, 11) is 0. The van der Waals surface area contributed by atoms with Crippen molar-refractivity contribution in [3.63, 3.8) is 0 Å². The van der Waals surface area contributed by atoms with E-state index in [1.165, 1.54) is 6.07 Å². The first-order valence-corrected chi connectivity index (χ1v) is 5.22. The Labute approximate surface area is 94.5 Å². The van der Waals surface area contributed by atoms with E-state index in [4.69, 9.17) is 4.42 Å². The highest BCUT2D eigenvalue weighted by Crippen LogP contribution is 2.30. The van der Waals surface area contributed by atoms with Gasteiger partial charge in [0.15, 0.2) is 0 Å². The summed E-state index contributed by atoms with van der Waals surface area (Å²) in [5.41, 5.74) is 1.52. The molecule has 0 atom stereocenters. The van der Waals surface area contributed by atoms with Gasteiger partial charge in [-0.1, -0.05) is 0 Å². The molecule has 1 aromatic carbocycles. The normalized spacial score (nSPS) is 10.9. The smallest absolute Gasteiger partial charge is 0.339 e. The van der Waals surface area contributed by atoms with Gasteiger partial charge in [0.1, 0.15) is 11.3 Å². The van der Waals surface area contributed by atoms with Crippen molar-refractivity contribution in [1.29, 1.82) is 0 Å². The zero-order chi connectivity index (χ0) is 11.2. The molecule has 0 aliphatic carbocycles. The lowest BCUT2D eigenvalue weighted by Gasteiger charge is -2.05. The topological polar surface area (TPSA) is 50.4 Å². The van der Waals surface area contributed by atoms with E-state index in [0.717, 1.165) is 10.9 Å². The molecule has 78 valence electrons. The lowest BCUT2D eigenvalue weighted by atomic mass is 10.1. The van der Waals surface area contributed by atoms with Gasteiger partial charge < -0.3 is 9.52 Å². The lowest BCUT2D eigenvalue weighted by molar-refractivity contribution is 0.469. The molecule has 0 spiro atoms. The van der Waals surface area contributed by atoms with Crippen molar-refractivity contribution in [2.45, 2.75) is 13.8 Å². The Morgan fingerprint density at radius 2 is 1.93 bits per heavy atom. The van der Waals surface area contributed by atoms with Crippen molar-refractivity contribution >= 4 is 26.9 Å². The fourth-order valence-electron chi connectivity index (χ4n) is 1.45. The second kappa shape index (κ2) is 3.38. The van der Waals surface area contributed by atoms with E-state index < -0.39 is 0 Å². The molecule has 3 nitrogen and oxygen atoms in total. The number of hydrogen-bond acceptors (Lipinski definition) is 3. The molecule has 0 aliphatic rings. The van der Waals surface area contributed by atoms with Gasteiger partial charge in [0.05, 0.1) is 4.47 Å². The van der Waals surface area contributed by atoms with Gasteiger partial charge in [-0.05, 0) is 41.4 Å². The number of rotatable bonds is 0. The van der Waals surface area contributed by atoms with Crippen LogP contribution in [0.3, 0.4) is 0 Å². The predicted octanol–water partition coefficient (Wildman–Crippen LogP) is 2.88. The molecule has 0 radical (unpaired) electrons. The van der Waals surface area contributed by atoms with Gasteiger partial charge in [-0.2, -0.15) is 0 Å². The quantitative estimate of drug-likeness (QED) is 0.748. The van der Waals surface area contributed by atoms with Crippen LogP contribution in [0.2, 0.25) is 0 Å². The summed E-state index contributed by atoms with van der Waals surface area (Å²) in [5, 5.41) is 10.3. The van der Waals surface area contributed by atoms with Crippen LogP contribution in [-0.4, -0.2) is 5.11 Å². The van der Waals surface area contributed by atoms with E-state index in [9.17, 15) is 9.90 Å². The van der Waals surface area contributed by atoms with E-state index in [1.807, 2.05) is 6.92 Å². The van der Waals surface area contributed by atoms with Crippen LogP contribution in [0.15, 0.2) is 25.8 Å². The molecule has 0 amide bonds. The minimum atomic E-state index is -0.360. The van der Waals surface area contributed by atoms with Crippen molar-refractivity contribution < 1.29 is 9.52 Å². The maximum atomic E-state index is 11.4. The number of fused-ring (bicyclic) bond motifs is 1. The number of halogens is 1. The SMILES string of the molecule is Cc1c(C)c2cc(Br)c(O)cc2oc1=O. The second-order valence-electron chi connectivity index (χ2n) is 3.44. The molecule has 0 aliphatic heterocycles. The monoisotopic (exact) mass is 268 g/mol. The number of benzene rings is 1. The van der Waals surface area contributed by atoms with Crippen LogP contribution in [0, 0.1) is 13.8 Å². The fraction of sp³-hybridized carbons (Fsp3) is 0.182. The van der Waals surface area contributed by atoms with Crippen molar-refractivity contribution in [3.8, 4) is 5.75 Å². The summed E-state index contributed by atoms with van der Waals surface area (Å²) < 4.78 is 5.66. The highest BCUT2D eigenvalue weighted by molar-refractivity contribution is 9.10. The average Bonchev–Trinajstić information content (AvgIpc) is 2.19. The Bertz CT molecular complexity index is 599. The summed E-state index contributed by atoms with van der Waals surface area (Å²) in [6, 6.07) is 3.18. The maximum absolute atomic E-state index is 11.4. The standard InChI is InChI=1S/C11H9BrO3/c1-5-6(2)11(14)15-10-4-9(13)8(12)3-7(5)10/h3-4,13H,1-2H3. The van der Waals surface area contributed by atoms with Gasteiger partial charge >= 0.3 is 5.63 Å². The van der Waals surface area contributed by atoms with E-state index in [0.29, 0.717) is 15.6 Å². The fourth-order valence-corrected chi connectivity index (χ4v) is 1.80. The molecule has 2 aromatic rings. The third-order valence-electron chi connectivity index (χ3n) is 2.52. The molecule has 1 N–H and O–H groups in total.